The minimum absolute atomic E-state index is 0.842. The Morgan fingerprint density at radius 1 is 1.16 bits per heavy atom. The van der Waals surface area contributed by atoms with Crippen molar-refractivity contribution in [1.82, 2.24) is 9.97 Å². The molecule has 0 aliphatic heterocycles. The summed E-state index contributed by atoms with van der Waals surface area (Å²) in [5.74, 6) is 1.78. The quantitative estimate of drug-likeness (QED) is 0.840. The molecule has 0 aromatic carbocycles. The number of nitrogens with zero attached hydrogens (tertiary/aromatic N) is 2. The monoisotopic (exact) mass is 273 g/mol. The van der Waals surface area contributed by atoms with Crippen LogP contribution in [0.25, 0.3) is 0 Å². The minimum atomic E-state index is 0.842. The van der Waals surface area contributed by atoms with Gasteiger partial charge < -0.3 is 5.32 Å². The van der Waals surface area contributed by atoms with Crippen LogP contribution in [0, 0.1) is 13.8 Å². The topological polar surface area (TPSA) is 37.8 Å². The van der Waals surface area contributed by atoms with E-state index in [0.717, 1.165) is 34.5 Å². The van der Waals surface area contributed by atoms with E-state index < -0.39 is 0 Å². The molecule has 0 saturated carbocycles. The van der Waals surface area contributed by atoms with Crippen LogP contribution >= 0.6 is 11.8 Å². The van der Waals surface area contributed by atoms with Gasteiger partial charge in [0.1, 0.15) is 5.82 Å². The molecule has 2 aromatic rings. The van der Waals surface area contributed by atoms with Gasteiger partial charge in [-0.05, 0) is 50.6 Å². The first-order valence-corrected chi connectivity index (χ1v) is 7.44. The van der Waals surface area contributed by atoms with Gasteiger partial charge in [0, 0.05) is 18.0 Å². The standard InChI is InChI=1S/C15H19N3S/c1-4-16-14-7-5-6-13(18-14)10-19-15-9-11(2)8-12(3)17-15/h5-9H,4,10H2,1-3H3,(H,16,18). The third kappa shape index (κ3) is 4.24. The van der Waals surface area contributed by atoms with Crippen LogP contribution in [0.5, 0.6) is 0 Å². The van der Waals surface area contributed by atoms with E-state index in [1.165, 1.54) is 5.56 Å². The molecular weight excluding hydrogens is 254 g/mol. The smallest absolute Gasteiger partial charge is 0.126 e. The van der Waals surface area contributed by atoms with Gasteiger partial charge in [0.15, 0.2) is 0 Å². The third-order valence-electron chi connectivity index (χ3n) is 2.61. The van der Waals surface area contributed by atoms with Gasteiger partial charge in [-0.2, -0.15) is 0 Å². The van der Waals surface area contributed by atoms with Crippen LogP contribution in [-0.4, -0.2) is 16.5 Å². The number of nitrogens with one attached hydrogen (secondary N) is 1. The summed E-state index contributed by atoms with van der Waals surface area (Å²) < 4.78 is 0. The molecule has 0 fully saturated rings. The summed E-state index contributed by atoms with van der Waals surface area (Å²) in [7, 11) is 0. The van der Waals surface area contributed by atoms with Crippen molar-refractivity contribution in [3.63, 3.8) is 0 Å². The Kier molecular flexibility index (Phi) is 4.80. The highest BCUT2D eigenvalue weighted by atomic mass is 32.2. The second-order valence-electron chi connectivity index (χ2n) is 4.46. The number of hydrogen-bond acceptors (Lipinski definition) is 4. The summed E-state index contributed by atoms with van der Waals surface area (Å²) in [6, 6.07) is 10.3. The Morgan fingerprint density at radius 3 is 2.74 bits per heavy atom. The summed E-state index contributed by atoms with van der Waals surface area (Å²) in [6.07, 6.45) is 0. The predicted molar refractivity (Wildman–Crippen MR) is 81.7 cm³/mol. The van der Waals surface area contributed by atoms with Gasteiger partial charge in [-0.25, -0.2) is 9.97 Å². The Hall–Kier alpha value is -1.55. The van der Waals surface area contributed by atoms with Crippen molar-refractivity contribution >= 4 is 17.6 Å². The zero-order valence-corrected chi connectivity index (χ0v) is 12.4. The van der Waals surface area contributed by atoms with E-state index in [0.29, 0.717) is 0 Å². The van der Waals surface area contributed by atoms with Gasteiger partial charge >= 0.3 is 0 Å². The van der Waals surface area contributed by atoms with Crippen LogP contribution in [0.1, 0.15) is 23.9 Å². The number of rotatable bonds is 5. The van der Waals surface area contributed by atoms with E-state index in [1.54, 1.807) is 11.8 Å². The summed E-state index contributed by atoms with van der Waals surface area (Å²) in [5, 5.41) is 4.29. The van der Waals surface area contributed by atoms with Crippen LogP contribution in [-0.2, 0) is 5.75 Å². The highest BCUT2D eigenvalue weighted by Gasteiger charge is 2.02. The SMILES string of the molecule is CCNc1cccc(CSc2cc(C)cc(C)n2)n1. The van der Waals surface area contributed by atoms with Crippen molar-refractivity contribution < 1.29 is 0 Å². The molecule has 0 radical (unpaired) electrons. The van der Waals surface area contributed by atoms with E-state index in [-0.39, 0.29) is 0 Å². The van der Waals surface area contributed by atoms with E-state index in [9.17, 15) is 0 Å². The maximum Gasteiger partial charge on any atom is 0.126 e. The van der Waals surface area contributed by atoms with E-state index in [4.69, 9.17) is 0 Å². The Morgan fingerprint density at radius 2 is 2.00 bits per heavy atom. The maximum atomic E-state index is 4.56. The first kappa shape index (κ1) is 13.9. The van der Waals surface area contributed by atoms with Crippen molar-refractivity contribution in [3.8, 4) is 0 Å². The van der Waals surface area contributed by atoms with E-state index >= 15 is 0 Å². The molecule has 0 unspecified atom stereocenters. The summed E-state index contributed by atoms with van der Waals surface area (Å²) in [5.41, 5.74) is 3.39. The summed E-state index contributed by atoms with van der Waals surface area (Å²) >= 11 is 1.73. The number of hydrogen-bond donors (Lipinski definition) is 1. The van der Waals surface area contributed by atoms with Crippen LogP contribution in [0.15, 0.2) is 35.4 Å². The van der Waals surface area contributed by atoms with Crippen LogP contribution < -0.4 is 5.32 Å². The Bertz CT molecular complexity index is 535. The van der Waals surface area contributed by atoms with E-state index in [2.05, 4.69) is 47.3 Å². The number of pyridine rings is 2. The van der Waals surface area contributed by atoms with Gasteiger partial charge in [-0.3, -0.25) is 0 Å². The number of thioether (sulfide) groups is 1. The fourth-order valence-electron chi connectivity index (χ4n) is 1.87. The van der Waals surface area contributed by atoms with Gasteiger partial charge in [0.25, 0.3) is 0 Å². The molecule has 0 amide bonds. The van der Waals surface area contributed by atoms with Crippen molar-refractivity contribution in [2.45, 2.75) is 31.6 Å². The Balaban J connectivity index is 2.03. The largest absolute Gasteiger partial charge is 0.370 e. The molecule has 0 aliphatic rings. The molecule has 1 N–H and O–H groups in total. The van der Waals surface area contributed by atoms with Crippen molar-refractivity contribution in [2.75, 3.05) is 11.9 Å². The lowest BCUT2D eigenvalue weighted by atomic mass is 10.3. The second-order valence-corrected chi connectivity index (χ2v) is 5.45. The molecule has 0 saturated heterocycles. The van der Waals surface area contributed by atoms with Gasteiger partial charge in [0.2, 0.25) is 0 Å². The van der Waals surface area contributed by atoms with Crippen LogP contribution in [0.3, 0.4) is 0 Å². The first-order chi connectivity index (χ1) is 9.17. The molecule has 100 valence electrons. The lowest BCUT2D eigenvalue weighted by Gasteiger charge is -2.06. The minimum Gasteiger partial charge on any atom is -0.370 e. The lowest BCUT2D eigenvalue weighted by molar-refractivity contribution is 1.04. The maximum absolute atomic E-state index is 4.56. The van der Waals surface area contributed by atoms with E-state index in [1.807, 2.05) is 19.1 Å². The molecular formula is C15H19N3S. The van der Waals surface area contributed by atoms with Gasteiger partial charge in [-0.1, -0.05) is 6.07 Å². The van der Waals surface area contributed by atoms with Gasteiger partial charge in [0.05, 0.1) is 10.7 Å². The average Bonchev–Trinajstić information content (AvgIpc) is 2.36. The molecule has 2 aromatic heterocycles. The molecule has 2 rings (SSSR count). The zero-order chi connectivity index (χ0) is 13.7. The molecule has 0 bridgehead atoms. The Labute approximate surface area is 118 Å². The number of aryl methyl sites for hydroxylation is 2. The van der Waals surface area contributed by atoms with Crippen LogP contribution in [0.2, 0.25) is 0 Å². The summed E-state index contributed by atoms with van der Waals surface area (Å²) in [6.45, 7) is 7.09. The third-order valence-corrected chi connectivity index (χ3v) is 3.55. The predicted octanol–water partition coefficient (Wildman–Crippen LogP) is 3.82. The molecule has 2 heterocycles. The van der Waals surface area contributed by atoms with Crippen molar-refractivity contribution in [2.24, 2.45) is 0 Å². The normalized spacial score (nSPS) is 10.5. The molecule has 0 spiro atoms. The summed E-state index contributed by atoms with van der Waals surface area (Å²) in [4.78, 5) is 9.09. The second kappa shape index (κ2) is 6.57. The fraction of sp³-hybridized carbons (Fsp3) is 0.333. The highest BCUT2D eigenvalue weighted by Crippen LogP contribution is 2.22. The molecule has 19 heavy (non-hydrogen) atoms. The van der Waals surface area contributed by atoms with Crippen molar-refractivity contribution in [3.05, 3.63) is 47.3 Å². The first-order valence-electron chi connectivity index (χ1n) is 6.45. The molecule has 0 atom stereocenters. The van der Waals surface area contributed by atoms with Crippen LogP contribution in [0.4, 0.5) is 5.82 Å². The fourth-order valence-corrected chi connectivity index (χ4v) is 2.80. The molecule has 4 heteroatoms. The number of anilines is 1. The molecule has 0 aliphatic carbocycles. The lowest BCUT2D eigenvalue weighted by Crippen LogP contribution is -2.00. The average molecular weight is 273 g/mol. The highest BCUT2D eigenvalue weighted by molar-refractivity contribution is 7.98. The zero-order valence-electron chi connectivity index (χ0n) is 11.6. The van der Waals surface area contributed by atoms with Gasteiger partial charge in [-0.15, -0.1) is 11.8 Å². The molecule has 3 nitrogen and oxygen atoms in total. The number of aromatic nitrogens is 2. The van der Waals surface area contributed by atoms with Crippen molar-refractivity contribution in [1.29, 1.82) is 0 Å².